The second-order valence-electron chi connectivity index (χ2n) is 5.09. The number of hydrogen-bond donors (Lipinski definition) is 1. The third-order valence-corrected chi connectivity index (χ3v) is 3.66. The molecule has 20 heavy (non-hydrogen) atoms. The van der Waals surface area contributed by atoms with Crippen molar-refractivity contribution in [3.05, 3.63) is 24.5 Å². The molecule has 1 aromatic rings. The van der Waals surface area contributed by atoms with Crippen molar-refractivity contribution in [3.63, 3.8) is 0 Å². The maximum atomic E-state index is 11.7. The van der Waals surface area contributed by atoms with E-state index >= 15 is 0 Å². The quantitative estimate of drug-likeness (QED) is 0.898. The number of pyridine rings is 1. The van der Waals surface area contributed by atoms with E-state index in [0.717, 1.165) is 44.7 Å². The Hall–Kier alpha value is -1.78. The summed E-state index contributed by atoms with van der Waals surface area (Å²) in [6.07, 6.45) is 6.64. The van der Waals surface area contributed by atoms with Gasteiger partial charge in [0.2, 0.25) is 0 Å². The van der Waals surface area contributed by atoms with Crippen LogP contribution in [-0.2, 0) is 0 Å². The molecule has 1 aliphatic rings. The van der Waals surface area contributed by atoms with Crippen LogP contribution in [0.15, 0.2) is 24.5 Å². The number of aromatic nitrogens is 1. The van der Waals surface area contributed by atoms with Crippen molar-refractivity contribution in [1.29, 1.82) is 0 Å². The molecule has 5 heteroatoms. The highest BCUT2D eigenvalue weighted by Crippen LogP contribution is 2.21. The minimum atomic E-state index is 0.0672. The highest BCUT2D eigenvalue weighted by Gasteiger charge is 2.22. The van der Waals surface area contributed by atoms with Gasteiger partial charge in [-0.2, -0.15) is 0 Å². The topological polar surface area (TPSA) is 54.5 Å². The molecule has 0 spiro atoms. The molecule has 5 nitrogen and oxygen atoms in total. The fourth-order valence-corrected chi connectivity index (χ4v) is 2.46. The first-order valence-corrected chi connectivity index (χ1v) is 7.35. The number of rotatable bonds is 5. The number of nitrogens with zero attached hydrogens (tertiary/aromatic N) is 2. The number of urea groups is 1. The molecule has 2 amide bonds. The van der Waals surface area contributed by atoms with E-state index in [2.05, 4.69) is 10.3 Å². The summed E-state index contributed by atoms with van der Waals surface area (Å²) < 4.78 is 5.67. The van der Waals surface area contributed by atoms with Gasteiger partial charge in [-0.15, -0.1) is 0 Å². The van der Waals surface area contributed by atoms with E-state index in [0.29, 0.717) is 12.5 Å². The third-order valence-electron chi connectivity index (χ3n) is 3.66. The van der Waals surface area contributed by atoms with Crippen LogP contribution >= 0.6 is 0 Å². The predicted molar refractivity (Wildman–Crippen MR) is 77.7 cm³/mol. The van der Waals surface area contributed by atoms with Crippen LogP contribution in [0.25, 0.3) is 0 Å². The number of carbonyl (C=O) groups excluding carboxylic acids is 1. The molecule has 0 radical (unpaired) electrons. The van der Waals surface area contributed by atoms with Crippen molar-refractivity contribution in [2.24, 2.45) is 5.92 Å². The summed E-state index contributed by atoms with van der Waals surface area (Å²) in [7, 11) is 0. The zero-order chi connectivity index (χ0) is 14.2. The van der Waals surface area contributed by atoms with Gasteiger partial charge in [-0.05, 0) is 44.2 Å². The van der Waals surface area contributed by atoms with Gasteiger partial charge in [0.05, 0.1) is 12.8 Å². The molecular formula is C15H23N3O2. The molecule has 0 unspecified atom stereocenters. The standard InChI is InChI=1S/C15H23N3O2/c1-2-17-15(19)18-9-5-13(6-10-18)7-11-20-14-4-3-8-16-12-14/h3-4,8,12-13H,2,5-7,9-11H2,1H3,(H,17,19). The van der Waals surface area contributed by atoms with Gasteiger partial charge in [0, 0.05) is 25.8 Å². The highest BCUT2D eigenvalue weighted by atomic mass is 16.5. The molecule has 1 N–H and O–H groups in total. The minimum Gasteiger partial charge on any atom is -0.492 e. The van der Waals surface area contributed by atoms with Crippen molar-refractivity contribution in [2.75, 3.05) is 26.2 Å². The van der Waals surface area contributed by atoms with Gasteiger partial charge in [0.15, 0.2) is 0 Å². The lowest BCUT2D eigenvalue weighted by atomic mass is 9.94. The van der Waals surface area contributed by atoms with E-state index in [1.807, 2.05) is 24.0 Å². The molecule has 0 aromatic carbocycles. The maximum absolute atomic E-state index is 11.7. The molecule has 0 aliphatic carbocycles. The number of nitrogens with one attached hydrogen (secondary N) is 1. The van der Waals surface area contributed by atoms with Crippen LogP contribution in [-0.4, -0.2) is 42.2 Å². The summed E-state index contributed by atoms with van der Waals surface area (Å²) >= 11 is 0. The van der Waals surface area contributed by atoms with Crippen molar-refractivity contribution < 1.29 is 9.53 Å². The summed E-state index contributed by atoms with van der Waals surface area (Å²) in [5, 5.41) is 2.85. The zero-order valence-corrected chi connectivity index (χ0v) is 12.0. The molecule has 0 bridgehead atoms. The smallest absolute Gasteiger partial charge is 0.317 e. The molecule has 1 aliphatic heterocycles. The average molecular weight is 277 g/mol. The Bertz CT molecular complexity index is 403. The number of likely N-dealkylation sites (tertiary alicyclic amines) is 1. The van der Waals surface area contributed by atoms with Gasteiger partial charge in [0.1, 0.15) is 5.75 Å². The van der Waals surface area contributed by atoms with Gasteiger partial charge in [0.25, 0.3) is 0 Å². The molecule has 1 aromatic heterocycles. The Morgan fingerprint density at radius 2 is 2.30 bits per heavy atom. The van der Waals surface area contributed by atoms with Crippen molar-refractivity contribution >= 4 is 6.03 Å². The first kappa shape index (κ1) is 14.6. The van der Waals surface area contributed by atoms with Crippen LogP contribution in [0.5, 0.6) is 5.75 Å². The zero-order valence-electron chi connectivity index (χ0n) is 12.0. The van der Waals surface area contributed by atoms with E-state index in [1.165, 1.54) is 0 Å². The normalized spacial score (nSPS) is 15.9. The highest BCUT2D eigenvalue weighted by molar-refractivity contribution is 5.74. The van der Waals surface area contributed by atoms with Gasteiger partial charge in [-0.1, -0.05) is 0 Å². The summed E-state index contributed by atoms with van der Waals surface area (Å²) in [6.45, 7) is 5.06. The Kier molecular flexibility index (Phi) is 5.65. The van der Waals surface area contributed by atoms with Crippen molar-refractivity contribution in [1.82, 2.24) is 15.2 Å². The Morgan fingerprint density at radius 3 is 2.95 bits per heavy atom. The fourth-order valence-electron chi connectivity index (χ4n) is 2.46. The van der Waals surface area contributed by atoms with Crippen molar-refractivity contribution in [3.8, 4) is 5.75 Å². The molecule has 0 saturated carbocycles. The molecule has 0 atom stereocenters. The van der Waals surface area contributed by atoms with Crippen molar-refractivity contribution in [2.45, 2.75) is 26.2 Å². The Morgan fingerprint density at radius 1 is 1.50 bits per heavy atom. The molecule has 1 saturated heterocycles. The summed E-state index contributed by atoms with van der Waals surface area (Å²) in [4.78, 5) is 17.6. The van der Waals surface area contributed by atoms with Gasteiger partial charge < -0.3 is 15.0 Å². The van der Waals surface area contributed by atoms with Gasteiger partial charge in [-0.3, -0.25) is 4.98 Å². The Labute approximate surface area is 120 Å². The van der Waals surface area contributed by atoms with Crippen LogP contribution in [0, 0.1) is 5.92 Å². The monoisotopic (exact) mass is 277 g/mol. The van der Waals surface area contributed by atoms with E-state index in [-0.39, 0.29) is 6.03 Å². The lowest BCUT2D eigenvalue weighted by molar-refractivity contribution is 0.160. The SMILES string of the molecule is CCNC(=O)N1CCC(CCOc2cccnc2)CC1. The summed E-state index contributed by atoms with van der Waals surface area (Å²) in [5.74, 6) is 1.48. The van der Waals surface area contributed by atoms with E-state index in [4.69, 9.17) is 4.74 Å². The summed E-state index contributed by atoms with van der Waals surface area (Å²) in [5.41, 5.74) is 0. The van der Waals surface area contributed by atoms with Crippen LogP contribution in [0.4, 0.5) is 4.79 Å². The van der Waals surface area contributed by atoms with E-state index in [1.54, 1.807) is 12.4 Å². The number of ether oxygens (including phenoxy) is 1. The second-order valence-corrected chi connectivity index (χ2v) is 5.09. The second kappa shape index (κ2) is 7.72. The molecular weight excluding hydrogens is 254 g/mol. The number of hydrogen-bond acceptors (Lipinski definition) is 3. The first-order chi connectivity index (χ1) is 9.79. The minimum absolute atomic E-state index is 0.0672. The van der Waals surface area contributed by atoms with Gasteiger partial charge >= 0.3 is 6.03 Å². The van der Waals surface area contributed by atoms with Crippen LogP contribution in [0.3, 0.4) is 0 Å². The Balaban J connectivity index is 1.63. The largest absolute Gasteiger partial charge is 0.492 e. The maximum Gasteiger partial charge on any atom is 0.317 e. The molecule has 2 heterocycles. The lowest BCUT2D eigenvalue weighted by Crippen LogP contribution is -2.44. The molecule has 1 fully saturated rings. The molecule has 2 rings (SSSR count). The number of carbonyl (C=O) groups is 1. The number of piperidine rings is 1. The van der Waals surface area contributed by atoms with Crippen LogP contribution in [0.1, 0.15) is 26.2 Å². The molecule has 110 valence electrons. The average Bonchev–Trinajstić information content (AvgIpc) is 2.49. The van der Waals surface area contributed by atoms with Crippen LogP contribution in [0.2, 0.25) is 0 Å². The lowest BCUT2D eigenvalue weighted by Gasteiger charge is -2.31. The third kappa shape index (κ3) is 4.40. The predicted octanol–water partition coefficient (Wildman–Crippen LogP) is 2.29. The summed E-state index contributed by atoms with van der Waals surface area (Å²) in [6, 6.07) is 3.86. The van der Waals surface area contributed by atoms with Crippen LogP contribution < -0.4 is 10.1 Å². The van der Waals surface area contributed by atoms with E-state index < -0.39 is 0 Å². The number of amides is 2. The van der Waals surface area contributed by atoms with Gasteiger partial charge in [-0.25, -0.2) is 4.79 Å². The van der Waals surface area contributed by atoms with E-state index in [9.17, 15) is 4.79 Å². The fraction of sp³-hybridized carbons (Fsp3) is 0.600. The first-order valence-electron chi connectivity index (χ1n) is 7.35.